The van der Waals surface area contributed by atoms with Crippen molar-refractivity contribution in [2.45, 2.75) is 31.9 Å². The van der Waals surface area contributed by atoms with Crippen LogP contribution in [0.2, 0.25) is 0 Å². The van der Waals surface area contributed by atoms with Crippen LogP contribution in [-0.4, -0.2) is 22.7 Å². The molecule has 0 saturated carbocycles. The van der Waals surface area contributed by atoms with Gasteiger partial charge in [0, 0.05) is 18.5 Å². The highest BCUT2D eigenvalue weighted by molar-refractivity contribution is 7.13. The van der Waals surface area contributed by atoms with E-state index in [9.17, 15) is 5.11 Å². The first kappa shape index (κ1) is 16.9. The largest absolute Gasteiger partial charge is 0.462 e. The van der Waals surface area contributed by atoms with E-state index >= 15 is 0 Å². The molecule has 24 heavy (non-hydrogen) atoms. The summed E-state index contributed by atoms with van der Waals surface area (Å²) in [7, 11) is 0. The topological polar surface area (TPSA) is 58.3 Å². The van der Waals surface area contributed by atoms with Crippen LogP contribution in [-0.2, 0) is 6.54 Å². The lowest BCUT2D eigenvalue weighted by atomic mass is 9.93. The average molecular weight is 342 g/mol. The molecule has 2 heterocycles. The number of hydrogen-bond donors (Lipinski definition) is 2. The fourth-order valence-corrected chi connectivity index (χ4v) is 3.54. The Morgan fingerprint density at radius 3 is 2.75 bits per heavy atom. The van der Waals surface area contributed by atoms with Gasteiger partial charge in [0.05, 0.1) is 18.1 Å². The van der Waals surface area contributed by atoms with Crippen molar-refractivity contribution < 1.29 is 9.52 Å². The molecule has 2 aromatic heterocycles. The highest BCUT2D eigenvalue weighted by Gasteiger charge is 2.14. The summed E-state index contributed by atoms with van der Waals surface area (Å²) in [5.41, 5.74) is 2.26. The van der Waals surface area contributed by atoms with Gasteiger partial charge >= 0.3 is 0 Å². The Morgan fingerprint density at radius 1 is 1.21 bits per heavy atom. The Balaban J connectivity index is 1.57. The van der Waals surface area contributed by atoms with Crippen LogP contribution in [0.3, 0.4) is 0 Å². The van der Waals surface area contributed by atoms with Crippen molar-refractivity contribution in [3.05, 3.63) is 65.4 Å². The van der Waals surface area contributed by atoms with Gasteiger partial charge in [0.25, 0.3) is 0 Å². The standard InChI is InChI=1S/C19H22N2O2S/c1-14(22)10-16(15-6-3-2-4-7-15)11-20-12-17-13-24-19(21-17)18-8-5-9-23-18/h2-9,13-14,16,20,22H,10-12H2,1H3. The number of benzene rings is 1. The number of aliphatic hydroxyl groups is 1. The molecule has 0 radical (unpaired) electrons. The monoisotopic (exact) mass is 342 g/mol. The van der Waals surface area contributed by atoms with E-state index < -0.39 is 0 Å². The van der Waals surface area contributed by atoms with Crippen molar-refractivity contribution in [2.24, 2.45) is 0 Å². The van der Waals surface area contributed by atoms with Crippen molar-refractivity contribution in [2.75, 3.05) is 6.54 Å². The molecule has 3 aromatic rings. The van der Waals surface area contributed by atoms with Gasteiger partial charge in [0.15, 0.2) is 10.8 Å². The second-order valence-corrected chi connectivity index (χ2v) is 6.80. The van der Waals surface area contributed by atoms with Crippen molar-refractivity contribution in [3.63, 3.8) is 0 Å². The molecule has 2 atom stereocenters. The lowest BCUT2D eigenvalue weighted by molar-refractivity contribution is 0.173. The minimum absolute atomic E-state index is 0.286. The van der Waals surface area contributed by atoms with E-state index in [4.69, 9.17) is 4.42 Å². The number of furan rings is 1. The van der Waals surface area contributed by atoms with E-state index in [1.54, 1.807) is 17.6 Å². The summed E-state index contributed by atoms with van der Waals surface area (Å²) in [5, 5.41) is 16.2. The molecular weight excluding hydrogens is 320 g/mol. The zero-order valence-corrected chi connectivity index (χ0v) is 14.5. The van der Waals surface area contributed by atoms with Gasteiger partial charge in [-0.05, 0) is 37.0 Å². The third kappa shape index (κ3) is 4.54. The van der Waals surface area contributed by atoms with E-state index in [2.05, 4.69) is 27.8 Å². The normalized spacial score (nSPS) is 13.8. The van der Waals surface area contributed by atoms with Gasteiger partial charge < -0.3 is 14.8 Å². The molecule has 0 amide bonds. The summed E-state index contributed by atoms with van der Waals surface area (Å²) < 4.78 is 5.38. The molecule has 0 spiro atoms. The maximum absolute atomic E-state index is 9.76. The lowest BCUT2D eigenvalue weighted by Gasteiger charge is -2.19. The number of nitrogens with zero attached hydrogens (tertiary/aromatic N) is 1. The first-order valence-electron chi connectivity index (χ1n) is 8.14. The molecule has 0 bridgehead atoms. The molecule has 5 heteroatoms. The first-order chi connectivity index (χ1) is 11.7. The third-order valence-electron chi connectivity index (χ3n) is 3.88. The Morgan fingerprint density at radius 2 is 2.04 bits per heavy atom. The summed E-state index contributed by atoms with van der Waals surface area (Å²) in [6.07, 6.45) is 2.09. The molecule has 1 aromatic carbocycles. The van der Waals surface area contributed by atoms with Gasteiger partial charge in [-0.1, -0.05) is 30.3 Å². The molecule has 4 nitrogen and oxygen atoms in total. The Labute approximate surface area is 146 Å². The summed E-state index contributed by atoms with van der Waals surface area (Å²) in [4.78, 5) is 4.60. The van der Waals surface area contributed by atoms with Crippen molar-refractivity contribution >= 4 is 11.3 Å². The van der Waals surface area contributed by atoms with Crippen LogP contribution in [0.5, 0.6) is 0 Å². The first-order valence-corrected chi connectivity index (χ1v) is 9.02. The fraction of sp³-hybridized carbons (Fsp3) is 0.316. The number of nitrogens with one attached hydrogen (secondary N) is 1. The van der Waals surface area contributed by atoms with Crippen LogP contribution < -0.4 is 5.32 Å². The number of rotatable bonds is 8. The SMILES string of the molecule is CC(O)CC(CNCc1csc(-c2ccco2)n1)c1ccccc1. The summed E-state index contributed by atoms with van der Waals surface area (Å²) >= 11 is 1.59. The van der Waals surface area contributed by atoms with Gasteiger partial charge in [0.2, 0.25) is 0 Å². The van der Waals surface area contributed by atoms with Gasteiger partial charge in [-0.25, -0.2) is 4.98 Å². The molecule has 126 valence electrons. The van der Waals surface area contributed by atoms with Crippen LogP contribution in [0.1, 0.15) is 30.5 Å². The molecule has 2 unspecified atom stereocenters. The van der Waals surface area contributed by atoms with Gasteiger partial charge in [-0.15, -0.1) is 11.3 Å². The molecule has 0 aliphatic heterocycles. The molecule has 3 rings (SSSR count). The van der Waals surface area contributed by atoms with E-state index in [1.807, 2.05) is 37.3 Å². The van der Waals surface area contributed by atoms with E-state index in [0.29, 0.717) is 6.54 Å². The van der Waals surface area contributed by atoms with Crippen LogP contribution in [0.15, 0.2) is 58.5 Å². The number of aliphatic hydroxyl groups excluding tert-OH is 1. The Hall–Kier alpha value is -1.95. The summed E-state index contributed by atoms with van der Waals surface area (Å²) in [6.45, 7) is 3.36. The third-order valence-corrected chi connectivity index (χ3v) is 4.78. The summed E-state index contributed by atoms with van der Waals surface area (Å²) in [5.74, 6) is 1.09. The van der Waals surface area contributed by atoms with Crippen molar-refractivity contribution in [1.82, 2.24) is 10.3 Å². The smallest absolute Gasteiger partial charge is 0.162 e. The number of aromatic nitrogens is 1. The van der Waals surface area contributed by atoms with Crippen LogP contribution in [0.25, 0.3) is 10.8 Å². The van der Waals surface area contributed by atoms with Gasteiger partial charge in [0.1, 0.15) is 0 Å². The molecular formula is C19H22N2O2S. The lowest BCUT2D eigenvalue weighted by Crippen LogP contribution is -2.24. The second-order valence-electron chi connectivity index (χ2n) is 5.94. The maximum atomic E-state index is 9.76. The molecule has 2 N–H and O–H groups in total. The van der Waals surface area contributed by atoms with E-state index in [1.165, 1.54) is 5.56 Å². The number of hydrogen-bond acceptors (Lipinski definition) is 5. The quantitative estimate of drug-likeness (QED) is 0.648. The highest BCUT2D eigenvalue weighted by atomic mass is 32.1. The van der Waals surface area contributed by atoms with Crippen LogP contribution in [0, 0.1) is 0 Å². The molecule has 0 fully saturated rings. The maximum Gasteiger partial charge on any atom is 0.162 e. The highest BCUT2D eigenvalue weighted by Crippen LogP contribution is 2.24. The van der Waals surface area contributed by atoms with Gasteiger partial charge in [-0.3, -0.25) is 0 Å². The van der Waals surface area contributed by atoms with Crippen LogP contribution >= 0.6 is 11.3 Å². The Bertz CT molecular complexity index is 723. The van der Waals surface area contributed by atoms with Crippen molar-refractivity contribution in [1.29, 1.82) is 0 Å². The predicted molar refractivity (Wildman–Crippen MR) is 97.0 cm³/mol. The van der Waals surface area contributed by atoms with Crippen LogP contribution in [0.4, 0.5) is 0 Å². The van der Waals surface area contributed by atoms with Gasteiger partial charge in [-0.2, -0.15) is 0 Å². The fourth-order valence-electron chi connectivity index (χ4n) is 2.75. The zero-order valence-electron chi connectivity index (χ0n) is 13.7. The summed E-state index contributed by atoms with van der Waals surface area (Å²) in [6, 6.07) is 14.1. The average Bonchev–Trinajstić information content (AvgIpc) is 3.26. The minimum Gasteiger partial charge on any atom is -0.462 e. The predicted octanol–water partition coefficient (Wildman–Crippen LogP) is 4.05. The molecule has 0 aliphatic rings. The second kappa shape index (κ2) is 8.24. The molecule has 0 saturated heterocycles. The van der Waals surface area contributed by atoms with Crippen molar-refractivity contribution in [3.8, 4) is 10.8 Å². The molecule has 0 aliphatic carbocycles. The van der Waals surface area contributed by atoms with E-state index in [0.717, 1.165) is 29.4 Å². The van der Waals surface area contributed by atoms with E-state index in [-0.39, 0.29) is 12.0 Å². The number of thiazole rings is 1. The minimum atomic E-state index is -0.318. The zero-order chi connectivity index (χ0) is 16.8. The Kier molecular flexibility index (Phi) is 5.80.